The summed E-state index contributed by atoms with van der Waals surface area (Å²) in [5.74, 6) is 1.36. The molecule has 3 atom stereocenters. The number of benzene rings is 2. The zero-order valence-corrected chi connectivity index (χ0v) is 24.1. The monoisotopic (exact) mass is 546 g/mol. The summed E-state index contributed by atoms with van der Waals surface area (Å²) in [5, 5.41) is 14.0. The molecule has 1 aromatic heterocycles. The number of likely N-dealkylation sites (N-methyl/N-ethyl adjacent to an activating group) is 1. The fourth-order valence-corrected chi connectivity index (χ4v) is 5.79. The standard InChI is InChI=1S/C32H42N4O4/c1-21-16-36(22(2)20-37)32(39)15-24-13-26(11-12-29(24)40-30(21)19-34(3)17-23-9-10-23)33-31(38)14-25-18-35(4)28-8-6-5-7-27(25)28/h5-8,11-13,18,21-23,30,37H,9-10,14-17,19-20H2,1-4H3,(H,33,38)/t21-,22-,30+/m0/s1. The van der Waals surface area contributed by atoms with Gasteiger partial charge in [0.1, 0.15) is 11.9 Å². The van der Waals surface area contributed by atoms with Crippen LogP contribution in [0, 0.1) is 11.8 Å². The SMILES string of the molecule is C[C@H]1CN([C@@H](C)CO)C(=O)Cc2cc(NC(=O)Cc3cn(C)c4ccccc34)ccc2O[C@@H]1CN(C)CC1CC1. The van der Waals surface area contributed by atoms with Gasteiger partial charge in [-0.25, -0.2) is 0 Å². The van der Waals surface area contributed by atoms with Crippen molar-refractivity contribution < 1.29 is 19.4 Å². The fourth-order valence-electron chi connectivity index (χ4n) is 5.79. The Bertz CT molecular complexity index is 1360. The van der Waals surface area contributed by atoms with Gasteiger partial charge in [-0.2, -0.15) is 0 Å². The minimum Gasteiger partial charge on any atom is -0.488 e. The van der Waals surface area contributed by atoms with Gasteiger partial charge in [0.2, 0.25) is 11.8 Å². The van der Waals surface area contributed by atoms with Gasteiger partial charge in [-0.3, -0.25) is 9.59 Å². The van der Waals surface area contributed by atoms with E-state index in [1.54, 1.807) is 4.90 Å². The molecule has 2 N–H and O–H groups in total. The molecule has 1 fully saturated rings. The summed E-state index contributed by atoms with van der Waals surface area (Å²) in [5.41, 5.74) is 3.44. The molecule has 5 rings (SSSR count). The number of rotatable bonds is 9. The lowest BCUT2D eigenvalue weighted by Gasteiger charge is -2.34. The molecule has 2 aliphatic rings. The highest BCUT2D eigenvalue weighted by Crippen LogP contribution is 2.32. The van der Waals surface area contributed by atoms with Crippen LogP contribution in [0.15, 0.2) is 48.7 Å². The van der Waals surface area contributed by atoms with Crippen molar-refractivity contribution in [3.63, 3.8) is 0 Å². The molecule has 3 aromatic rings. The Hall–Kier alpha value is -3.36. The van der Waals surface area contributed by atoms with Crippen LogP contribution in [0.25, 0.3) is 10.9 Å². The van der Waals surface area contributed by atoms with E-state index in [0.717, 1.165) is 41.0 Å². The Morgan fingerprint density at radius 1 is 1.20 bits per heavy atom. The van der Waals surface area contributed by atoms with E-state index < -0.39 is 0 Å². The Morgan fingerprint density at radius 3 is 2.73 bits per heavy atom. The van der Waals surface area contributed by atoms with Crippen molar-refractivity contribution in [3.8, 4) is 5.75 Å². The molecule has 214 valence electrons. The van der Waals surface area contributed by atoms with Crippen LogP contribution in [0.1, 0.15) is 37.8 Å². The number of aliphatic hydroxyl groups is 1. The maximum atomic E-state index is 13.5. The predicted molar refractivity (Wildman–Crippen MR) is 157 cm³/mol. The zero-order chi connectivity index (χ0) is 28.4. The summed E-state index contributed by atoms with van der Waals surface area (Å²) in [6.07, 6.45) is 4.86. The molecular formula is C32H42N4O4. The third-order valence-electron chi connectivity index (χ3n) is 8.29. The van der Waals surface area contributed by atoms with Crippen LogP contribution < -0.4 is 10.1 Å². The van der Waals surface area contributed by atoms with Crippen molar-refractivity contribution in [3.05, 3.63) is 59.8 Å². The number of aromatic nitrogens is 1. The molecule has 1 aliphatic heterocycles. The highest BCUT2D eigenvalue weighted by molar-refractivity contribution is 5.96. The number of hydrogen-bond donors (Lipinski definition) is 2. The van der Waals surface area contributed by atoms with Gasteiger partial charge in [-0.15, -0.1) is 0 Å². The van der Waals surface area contributed by atoms with Crippen LogP contribution in [0.5, 0.6) is 5.75 Å². The second kappa shape index (κ2) is 12.0. The molecule has 2 amide bonds. The lowest BCUT2D eigenvalue weighted by Crippen LogP contribution is -2.47. The molecule has 2 heterocycles. The fraction of sp³-hybridized carbons (Fsp3) is 0.500. The normalized spacial score (nSPS) is 20.4. The lowest BCUT2D eigenvalue weighted by atomic mass is 10.0. The van der Waals surface area contributed by atoms with Crippen molar-refractivity contribution in [2.45, 2.75) is 51.7 Å². The van der Waals surface area contributed by atoms with E-state index in [1.807, 2.05) is 67.2 Å². The minimum atomic E-state index is -0.287. The Kier molecular flexibility index (Phi) is 8.47. The molecule has 0 unspecified atom stereocenters. The van der Waals surface area contributed by atoms with E-state index >= 15 is 0 Å². The van der Waals surface area contributed by atoms with E-state index in [9.17, 15) is 14.7 Å². The van der Waals surface area contributed by atoms with E-state index in [2.05, 4.69) is 24.2 Å². The third-order valence-corrected chi connectivity index (χ3v) is 8.29. The number of hydrogen-bond acceptors (Lipinski definition) is 5. The van der Waals surface area contributed by atoms with Gasteiger partial charge in [-0.1, -0.05) is 25.1 Å². The number of carbonyl (C=O) groups excluding carboxylic acids is 2. The molecule has 2 aromatic carbocycles. The lowest BCUT2D eigenvalue weighted by molar-refractivity contribution is -0.134. The first-order chi connectivity index (χ1) is 19.2. The third kappa shape index (κ3) is 6.50. The average Bonchev–Trinajstić information content (AvgIpc) is 3.68. The average molecular weight is 547 g/mol. The Balaban J connectivity index is 1.37. The highest BCUT2D eigenvalue weighted by Gasteiger charge is 2.32. The number of para-hydroxylation sites is 1. The van der Waals surface area contributed by atoms with Gasteiger partial charge in [0.05, 0.1) is 25.5 Å². The van der Waals surface area contributed by atoms with Gasteiger partial charge in [0.15, 0.2) is 0 Å². The molecule has 8 nitrogen and oxygen atoms in total. The molecule has 1 saturated carbocycles. The Morgan fingerprint density at radius 2 is 1.98 bits per heavy atom. The van der Waals surface area contributed by atoms with Crippen molar-refractivity contribution in [1.82, 2.24) is 14.4 Å². The van der Waals surface area contributed by atoms with E-state index in [-0.39, 0.29) is 49.3 Å². The van der Waals surface area contributed by atoms with Gasteiger partial charge in [0.25, 0.3) is 0 Å². The first-order valence-corrected chi connectivity index (χ1v) is 14.4. The van der Waals surface area contributed by atoms with Crippen LogP contribution >= 0.6 is 0 Å². The molecule has 0 bridgehead atoms. The largest absolute Gasteiger partial charge is 0.488 e. The number of amides is 2. The molecule has 1 aliphatic carbocycles. The summed E-state index contributed by atoms with van der Waals surface area (Å²) < 4.78 is 8.66. The molecule has 0 radical (unpaired) electrons. The maximum Gasteiger partial charge on any atom is 0.228 e. The molecular weight excluding hydrogens is 504 g/mol. The minimum absolute atomic E-state index is 0.0514. The van der Waals surface area contributed by atoms with Crippen LogP contribution in [0.3, 0.4) is 0 Å². The summed E-state index contributed by atoms with van der Waals surface area (Å²) in [6, 6.07) is 13.4. The number of nitrogens with one attached hydrogen (secondary N) is 1. The number of aliphatic hydroxyl groups excluding tert-OH is 1. The van der Waals surface area contributed by atoms with Crippen LogP contribution in [-0.4, -0.2) is 76.7 Å². The van der Waals surface area contributed by atoms with Crippen LogP contribution in [0.2, 0.25) is 0 Å². The van der Waals surface area contributed by atoms with Gasteiger partial charge < -0.3 is 29.5 Å². The van der Waals surface area contributed by atoms with E-state index in [0.29, 0.717) is 18.0 Å². The summed E-state index contributed by atoms with van der Waals surface area (Å²) in [6.45, 7) is 6.23. The maximum absolute atomic E-state index is 13.5. The van der Waals surface area contributed by atoms with E-state index in [1.165, 1.54) is 12.8 Å². The predicted octanol–water partition coefficient (Wildman–Crippen LogP) is 3.85. The first-order valence-electron chi connectivity index (χ1n) is 14.4. The van der Waals surface area contributed by atoms with E-state index in [4.69, 9.17) is 4.74 Å². The smallest absolute Gasteiger partial charge is 0.228 e. The number of aryl methyl sites for hydroxylation is 1. The highest BCUT2D eigenvalue weighted by atomic mass is 16.5. The molecule has 0 saturated heterocycles. The van der Waals surface area contributed by atoms with Gasteiger partial charge in [0, 0.05) is 61.0 Å². The summed E-state index contributed by atoms with van der Waals surface area (Å²) in [7, 11) is 4.12. The quantitative estimate of drug-likeness (QED) is 0.426. The van der Waals surface area contributed by atoms with Crippen molar-refractivity contribution in [2.75, 3.05) is 38.6 Å². The number of fused-ring (bicyclic) bond motifs is 2. The van der Waals surface area contributed by atoms with Crippen LogP contribution in [0.4, 0.5) is 5.69 Å². The number of nitrogens with zero attached hydrogens (tertiary/aromatic N) is 3. The summed E-state index contributed by atoms with van der Waals surface area (Å²) in [4.78, 5) is 30.7. The number of carbonyl (C=O) groups is 2. The second-order valence-corrected chi connectivity index (χ2v) is 11.9. The van der Waals surface area contributed by atoms with Crippen molar-refractivity contribution >= 4 is 28.4 Å². The molecule has 8 heteroatoms. The molecule has 0 spiro atoms. The second-order valence-electron chi connectivity index (χ2n) is 11.9. The first kappa shape index (κ1) is 28.2. The summed E-state index contributed by atoms with van der Waals surface area (Å²) >= 11 is 0. The van der Waals surface area contributed by atoms with Crippen molar-refractivity contribution in [2.24, 2.45) is 18.9 Å². The number of anilines is 1. The van der Waals surface area contributed by atoms with Gasteiger partial charge >= 0.3 is 0 Å². The number of ether oxygens (including phenoxy) is 1. The van der Waals surface area contributed by atoms with Gasteiger partial charge in [-0.05, 0) is 62.6 Å². The zero-order valence-electron chi connectivity index (χ0n) is 24.1. The Labute approximate surface area is 236 Å². The van der Waals surface area contributed by atoms with Crippen LogP contribution in [-0.2, 0) is 29.5 Å². The topological polar surface area (TPSA) is 87.0 Å². The van der Waals surface area contributed by atoms with Crippen molar-refractivity contribution in [1.29, 1.82) is 0 Å². The molecule has 40 heavy (non-hydrogen) atoms.